The summed E-state index contributed by atoms with van der Waals surface area (Å²) in [6.45, 7) is 7.54. The van der Waals surface area contributed by atoms with Gasteiger partial charge in [0.05, 0.1) is 0 Å². The van der Waals surface area contributed by atoms with Crippen molar-refractivity contribution in [3.8, 4) is 0 Å². The van der Waals surface area contributed by atoms with Gasteiger partial charge in [-0.1, -0.05) is 24.6 Å². The summed E-state index contributed by atoms with van der Waals surface area (Å²) in [5, 5.41) is 0. The van der Waals surface area contributed by atoms with Crippen LogP contribution in [0.4, 0.5) is 0 Å². The maximum absolute atomic E-state index is 11.6. The highest BCUT2D eigenvalue weighted by Crippen LogP contribution is 2.41. The Balaban J connectivity index is 1.97. The Morgan fingerprint density at radius 1 is 1.35 bits per heavy atom. The van der Waals surface area contributed by atoms with Crippen molar-refractivity contribution in [2.75, 3.05) is 0 Å². The van der Waals surface area contributed by atoms with E-state index in [4.69, 9.17) is 4.74 Å². The molecule has 2 saturated carbocycles. The molecular formula is C15H22O2. The van der Waals surface area contributed by atoms with Crippen molar-refractivity contribution >= 4 is 5.97 Å². The van der Waals surface area contributed by atoms with E-state index in [0.29, 0.717) is 11.5 Å². The van der Waals surface area contributed by atoms with Crippen LogP contribution < -0.4 is 0 Å². The van der Waals surface area contributed by atoms with E-state index in [9.17, 15) is 4.79 Å². The molecular weight excluding hydrogens is 212 g/mol. The second-order valence-corrected chi connectivity index (χ2v) is 5.34. The first kappa shape index (κ1) is 12.4. The third kappa shape index (κ3) is 2.99. The summed E-state index contributed by atoms with van der Waals surface area (Å²) in [5.74, 6) is 0.283. The standard InChI is InChI=1S/C15H22O2/c1-4-11-9-13(12-5-6-12)7-8-14(11)17-15(16)10(2)3/h11,14H,2,4-9H2,1,3H3. The largest absolute Gasteiger partial charge is 0.459 e. The Kier molecular flexibility index (Phi) is 3.70. The fraction of sp³-hybridized carbons (Fsp3) is 0.667. The predicted octanol–water partition coefficient (Wildman–Crippen LogP) is 3.77. The average Bonchev–Trinajstić information content (AvgIpc) is 3.13. The lowest BCUT2D eigenvalue weighted by atomic mass is 9.81. The summed E-state index contributed by atoms with van der Waals surface area (Å²) in [6.07, 6.45) is 7.07. The van der Waals surface area contributed by atoms with Gasteiger partial charge in [0.1, 0.15) is 6.10 Å². The molecule has 0 spiro atoms. The molecule has 2 aliphatic carbocycles. The Morgan fingerprint density at radius 3 is 2.59 bits per heavy atom. The van der Waals surface area contributed by atoms with Gasteiger partial charge in [-0.2, -0.15) is 0 Å². The van der Waals surface area contributed by atoms with E-state index in [1.54, 1.807) is 18.1 Å². The van der Waals surface area contributed by atoms with Crippen LogP contribution in [0.2, 0.25) is 0 Å². The van der Waals surface area contributed by atoms with Crippen LogP contribution in [0, 0.1) is 5.92 Å². The van der Waals surface area contributed by atoms with Crippen LogP contribution in [0.5, 0.6) is 0 Å². The maximum Gasteiger partial charge on any atom is 0.333 e. The number of carbonyl (C=O) groups excluding carboxylic acids is 1. The highest BCUT2D eigenvalue weighted by Gasteiger charge is 2.32. The third-order valence-electron chi connectivity index (χ3n) is 3.90. The van der Waals surface area contributed by atoms with E-state index < -0.39 is 0 Å². The number of rotatable bonds is 3. The summed E-state index contributed by atoms with van der Waals surface area (Å²) >= 11 is 0. The van der Waals surface area contributed by atoms with Crippen molar-refractivity contribution in [2.24, 2.45) is 5.92 Å². The summed E-state index contributed by atoms with van der Waals surface area (Å²) in [6, 6.07) is 0. The van der Waals surface area contributed by atoms with Gasteiger partial charge in [-0.05, 0) is 51.4 Å². The second-order valence-electron chi connectivity index (χ2n) is 5.34. The first-order valence-electron chi connectivity index (χ1n) is 6.68. The zero-order valence-corrected chi connectivity index (χ0v) is 10.9. The minimum Gasteiger partial charge on any atom is -0.459 e. The summed E-state index contributed by atoms with van der Waals surface area (Å²) in [5.41, 5.74) is 3.83. The molecule has 2 heteroatoms. The Morgan fingerprint density at radius 2 is 2.06 bits per heavy atom. The zero-order valence-electron chi connectivity index (χ0n) is 10.9. The molecule has 0 aliphatic heterocycles. The van der Waals surface area contributed by atoms with Crippen LogP contribution in [0.1, 0.15) is 52.4 Å². The molecule has 2 unspecified atom stereocenters. The quantitative estimate of drug-likeness (QED) is 0.422. The molecule has 2 fully saturated rings. The Hall–Kier alpha value is -1.05. The molecule has 2 aliphatic rings. The monoisotopic (exact) mass is 234 g/mol. The Labute approximate surface area is 104 Å². The maximum atomic E-state index is 11.6. The van der Waals surface area contributed by atoms with Crippen LogP contribution in [-0.4, -0.2) is 12.1 Å². The fourth-order valence-corrected chi connectivity index (χ4v) is 2.64. The molecule has 0 bridgehead atoms. The molecule has 17 heavy (non-hydrogen) atoms. The van der Waals surface area contributed by atoms with Crippen LogP contribution in [0.15, 0.2) is 23.3 Å². The number of hydrogen-bond donors (Lipinski definition) is 0. The zero-order chi connectivity index (χ0) is 12.4. The molecule has 0 N–H and O–H groups in total. The summed E-state index contributed by atoms with van der Waals surface area (Å²) < 4.78 is 5.54. The van der Waals surface area contributed by atoms with Gasteiger partial charge < -0.3 is 4.74 Å². The van der Waals surface area contributed by atoms with Crippen molar-refractivity contribution in [2.45, 2.75) is 58.5 Å². The first-order valence-corrected chi connectivity index (χ1v) is 6.68. The van der Waals surface area contributed by atoms with Crippen LogP contribution in [0.3, 0.4) is 0 Å². The molecule has 0 radical (unpaired) electrons. The van der Waals surface area contributed by atoms with Gasteiger partial charge in [-0.15, -0.1) is 0 Å². The van der Waals surface area contributed by atoms with E-state index in [0.717, 1.165) is 25.7 Å². The minimum absolute atomic E-state index is 0.104. The van der Waals surface area contributed by atoms with Crippen molar-refractivity contribution < 1.29 is 9.53 Å². The van der Waals surface area contributed by atoms with Gasteiger partial charge in [0.25, 0.3) is 0 Å². The predicted molar refractivity (Wildman–Crippen MR) is 68.6 cm³/mol. The van der Waals surface area contributed by atoms with Gasteiger partial charge in [-0.25, -0.2) is 4.79 Å². The fourth-order valence-electron chi connectivity index (χ4n) is 2.64. The number of ether oxygens (including phenoxy) is 1. The highest BCUT2D eigenvalue weighted by atomic mass is 16.5. The average molecular weight is 234 g/mol. The van der Waals surface area contributed by atoms with Crippen LogP contribution in [-0.2, 0) is 9.53 Å². The number of esters is 1. The molecule has 2 rings (SSSR count). The van der Waals surface area contributed by atoms with Crippen molar-refractivity contribution in [1.29, 1.82) is 0 Å². The van der Waals surface area contributed by atoms with E-state index in [-0.39, 0.29) is 12.1 Å². The number of carbonyl (C=O) groups is 1. The molecule has 0 saturated heterocycles. The van der Waals surface area contributed by atoms with Crippen molar-refractivity contribution in [1.82, 2.24) is 0 Å². The lowest BCUT2D eigenvalue weighted by molar-refractivity contribution is -0.148. The third-order valence-corrected chi connectivity index (χ3v) is 3.90. The van der Waals surface area contributed by atoms with Crippen molar-refractivity contribution in [3.05, 3.63) is 23.3 Å². The first-order chi connectivity index (χ1) is 8.11. The molecule has 0 aromatic carbocycles. The molecule has 0 amide bonds. The molecule has 0 aromatic heterocycles. The van der Waals surface area contributed by atoms with Crippen molar-refractivity contribution in [3.63, 3.8) is 0 Å². The summed E-state index contributed by atoms with van der Waals surface area (Å²) in [7, 11) is 0. The van der Waals surface area contributed by atoms with E-state index in [1.807, 2.05) is 0 Å². The molecule has 2 atom stereocenters. The van der Waals surface area contributed by atoms with Gasteiger partial charge in [0, 0.05) is 5.57 Å². The smallest absolute Gasteiger partial charge is 0.333 e. The molecule has 0 heterocycles. The molecule has 94 valence electrons. The Bertz CT molecular complexity index is 359. The van der Waals surface area contributed by atoms with Crippen LogP contribution >= 0.6 is 0 Å². The molecule has 0 aromatic rings. The second kappa shape index (κ2) is 5.07. The van der Waals surface area contributed by atoms with Gasteiger partial charge in [0.2, 0.25) is 0 Å². The topological polar surface area (TPSA) is 26.3 Å². The van der Waals surface area contributed by atoms with E-state index >= 15 is 0 Å². The van der Waals surface area contributed by atoms with Crippen LogP contribution in [0.25, 0.3) is 0 Å². The van der Waals surface area contributed by atoms with E-state index in [2.05, 4.69) is 13.5 Å². The lowest BCUT2D eigenvalue weighted by Gasteiger charge is -2.32. The number of allylic oxidation sites excluding steroid dienone is 2. The SMILES string of the molecule is C=C(C)C(=O)OC1CCC(=C2CC2)CC1CC. The van der Waals surface area contributed by atoms with Gasteiger partial charge >= 0.3 is 5.97 Å². The summed E-state index contributed by atoms with van der Waals surface area (Å²) in [4.78, 5) is 11.6. The van der Waals surface area contributed by atoms with Gasteiger partial charge in [0.15, 0.2) is 0 Å². The lowest BCUT2D eigenvalue weighted by Crippen LogP contribution is -2.30. The van der Waals surface area contributed by atoms with E-state index in [1.165, 1.54) is 12.8 Å². The number of hydrogen-bond acceptors (Lipinski definition) is 2. The minimum atomic E-state index is -0.226. The highest BCUT2D eigenvalue weighted by molar-refractivity contribution is 5.87. The van der Waals surface area contributed by atoms with Gasteiger partial charge in [-0.3, -0.25) is 0 Å². The normalized spacial score (nSPS) is 27.9. The molecule has 2 nitrogen and oxygen atoms in total.